The van der Waals surface area contributed by atoms with Crippen molar-refractivity contribution < 1.29 is 14.3 Å². The second-order valence-corrected chi connectivity index (χ2v) is 8.09. The van der Waals surface area contributed by atoms with Crippen LogP contribution in [0.2, 0.25) is 0 Å². The Morgan fingerprint density at radius 2 is 2.14 bits per heavy atom. The molecule has 0 saturated carbocycles. The molecule has 3 rings (SSSR count). The van der Waals surface area contributed by atoms with Crippen molar-refractivity contribution in [3.63, 3.8) is 0 Å². The molecule has 1 aliphatic rings. The van der Waals surface area contributed by atoms with Gasteiger partial charge in [0.1, 0.15) is 11.9 Å². The smallest absolute Gasteiger partial charge is 0.406 e. The van der Waals surface area contributed by atoms with Gasteiger partial charge in [0.15, 0.2) is 0 Å². The van der Waals surface area contributed by atoms with E-state index in [0.717, 1.165) is 28.1 Å². The van der Waals surface area contributed by atoms with E-state index in [9.17, 15) is 9.59 Å². The molecule has 9 heteroatoms. The fourth-order valence-corrected chi connectivity index (χ4v) is 3.61. The lowest BCUT2D eigenvalue weighted by molar-refractivity contribution is -0.135. The molecule has 2 amide bonds. The number of ether oxygens (including phenoxy) is 1. The third-order valence-corrected chi connectivity index (χ3v) is 5.46. The van der Waals surface area contributed by atoms with Gasteiger partial charge in [-0.15, -0.1) is 0 Å². The van der Waals surface area contributed by atoms with Crippen LogP contribution in [-0.4, -0.2) is 60.2 Å². The van der Waals surface area contributed by atoms with Crippen LogP contribution >= 0.6 is 15.9 Å². The normalized spacial score (nSPS) is 17.6. The summed E-state index contributed by atoms with van der Waals surface area (Å²) in [4.78, 5) is 33.9. The number of hydrogen-bond donors (Lipinski definition) is 3. The average Bonchev–Trinajstić information content (AvgIpc) is 3.22. The van der Waals surface area contributed by atoms with Crippen molar-refractivity contribution in [3.05, 3.63) is 40.8 Å². The monoisotopic (exact) mass is 463 g/mol. The first-order valence-electron chi connectivity index (χ1n) is 9.60. The van der Waals surface area contributed by atoms with Crippen molar-refractivity contribution in [2.45, 2.75) is 19.4 Å². The van der Waals surface area contributed by atoms with Gasteiger partial charge in [0.2, 0.25) is 5.91 Å². The van der Waals surface area contributed by atoms with E-state index in [4.69, 9.17) is 0 Å². The van der Waals surface area contributed by atoms with Gasteiger partial charge in [-0.2, -0.15) is 0 Å². The maximum atomic E-state index is 12.9. The summed E-state index contributed by atoms with van der Waals surface area (Å²) in [5.74, 6) is 0.827. The van der Waals surface area contributed by atoms with E-state index in [2.05, 4.69) is 41.3 Å². The molecule has 2 atom stereocenters. The Kier molecular flexibility index (Phi) is 7.27. The highest BCUT2D eigenvalue weighted by atomic mass is 79.9. The summed E-state index contributed by atoms with van der Waals surface area (Å²) in [5, 5.41) is 5.98. The molecule has 156 valence electrons. The zero-order valence-corrected chi connectivity index (χ0v) is 18.2. The summed E-state index contributed by atoms with van der Waals surface area (Å²) in [5.41, 5.74) is 1.96. The number of methoxy groups -OCH3 is 1. The van der Waals surface area contributed by atoms with Crippen LogP contribution in [0.25, 0.3) is 11.3 Å². The number of H-pyrrole nitrogens is 1. The SMILES string of the molecule is COC(=O)NCC(C)CC(=O)N1CCNCC1c1ncc(-c2ccc(Br)cc2)[nH]1. The molecule has 1 aromatic heterocycles. The minimum absolute atomic E-state index is 0.00654. The molecule has 2 aromatic rings. The number of imidazole rings is 1. The first-order valence-corrected chi connectivity index (χ1v) is 10.4. The lowest BCUT2D eigenvalue weighted by atomic mass is 10.1. The number of piperazine rings is 1. The molecule has 1 fully saturated rings. The van der Waals surface area contributed by atoms with Gasteiger partial charge < -0.3 is 25.3 Å². The number of nitrogens with zero attached hydrogens (tertiary/aromatic N) is 2. The van der Waals surface area contributed by atoms with Gasteiger partial charge in [-0.25, -0.2) is 9.78 Å². The number of benzene rings is 1. The highest BCUT2D eigenvalue weighted by Gasteiger charge is 2.30. The van der Waals surface area contributed by atoms with E-state index in [-0.39, 0.29) is 17.9 Å². The van der Waals surface area contributed by atoms with E-state index in [1.165, 1.54) is 7.11 Å². The zero-order valence-electron chi connectivity index (χ0n) is 16.6. The van der Waals surface area contributed by atoms with Gasteiger partial charge in [-0.3, -0.25) is 4.79 Å². The summed E-state index contributed by atoms with van der Waals surface area (Å²) >= 11 is 3.44. The fourth-order valence-electron chi connectivity index (χ4n) is 3.35. The number of alkyl carbamates (subject to hydrolysis) is 1. The molecule has 3 N–H and O–H groups in total. The van der Waals surface area contributed by atoms with E-state index >= 15 is 0 Å². The molecular formula is C20H26BrN5O3. The largest absolute Gasteiger partial charge is 0.453 e. The van der Waals surface area contributed by atoms with Crippen molar-refractivity contribution in [3.8, 4) is 11.3 Å². The van der Waals surface area contributed by atoms with Gasteiger partial charge in [-0.05, 0) is 23.6 Å². The van der Waals surface area contributed by atoms with Crippen LogP contribution in [0.15, 0.2) is 34.9 Å². The zero-order chi connectivity index (χ0) is 20.8. The Morgan fingerprint density at radius 1 is 1.38 bits per heavy atom. The lowest BCUT2D eigenvalue weighted by Gasteiger charge is -2.35. The van der Waals surface area contributed by atoms with Crippen molar-refractivity contribution in [1.29, 1.82) is 0 Å². The van der Waals surface area contributed by atoms with Crippen LogP contribution in [0.4, 0.5) is 4.79 Å². The number of rotatable bonds is 6. The second kappa shape index (κ2) is 9.89. The van der Waals surface area contributed by atoms with Gasteiger partial charge >= 0.3 is 6.09 Å². The third-order valence-electron chi connectivity index (χ3n) is 4.93. The molecule has 8 nitrogen and oxygen atoms in total. The Hall–Kier alpha value is -2.39. The van der Waals surface area contributed by atoms with Crippen molar-refractivity contribution in [2.24, 2.45) is 5.92 Å². The summed E-state index contributed by atoms with van der Waals surface area (Å²) in [6.07, 6.45) is 1.67. The Labute approximate surface area is 178 Å². The molecule has 0 radical (unpaired) electrons. The number of nitrogens with one attached hydrogen (secondary N) is 3. The fraction of sp³-hybridized carbons (Fsp3) is 0.450. The van der Waals surface area contributed by atoms with Gasteiger partial charge in [0.25, 0.3) is 0 Å². The van der Waals surface area contributed by atoms with Crippen LogP contribution in [-0.2, 0) is 9.53 Å². The predicted octanol–water partition coefficient (Wildman–Crippen LogP) is 2.69. The molecular weight excluding hydrogens is 438 g/mol. The minimum Gasteiger partial charge on any atom is -0.453 e. The summed E-state index contributed by atoms with van der Waals surface area (Å²) < 4.78 is 5.59. The van der Waals surface area contributed by atoms with Crippen LogP contribution in [0.3, 0.4) is 0 Å². The number of carbonyl (C=O) groups is 2. The Balaban J connectivity index is 1.67. The third kappa shape index (κ3) is 5.57. The standard InChI is InChI=1S/C20H26BrN5O3/c1-13(10-24-20(28)29-2)9-18(27)26-8-7-22-12-17(26)19-23-11-16(25-19)14-3-5-15(21)6-4-14/h3-6,11,13,17,22H,7-10,12H2,1-2H3,(H,23,25)(H,24,28). The number of hydrogen-bond acceptors (Lipinski definition) is 5. The molecule has 29 heavy (non-hydrogen) atoms. The van der Waals surface area contributed by atoms with Crippen LogP contribution < -0.4 is 10.6 Å². The topological polar surface area (TPSA) is 99.3 Å². The van der Waals surface area contributed by atoms with E-state index in [1.807, 2.05) is 36.1 Å². The number of carbonyl (C=O) groups excluding carboxylic acids is 2. The maximum absolute atomic E-state index is 12.9. The first-order chi connectivity index (χ1) is 14.0. The molecule has 2 heterocycles. The maximum Gasteiger partial charge on any atom is 0.406 e. The highest BCUT2D eigenvalue weighted by Crippen LogP contribution is 2.25. The molecule has 1 aromatic carbocycles. The summed E-state index contributed by atoms with van der Waals surface area (Å²) in [6, 6.07) is 7.84. The summed E-state index contributed by atoms with van der Waals surface area (Å²) in [7, 11) is 1.32. The predicted molar refractivity (Wildman–Crippen MR) is 113 cm³/mol. The average molecular weight is 464 g/mol. The van der Waals surface area contributed by atoms with E-state index < -0.39 is 6.09 Å². The van der Waals surface area contributed by atoms with Crippen LogP contribution in [0.1, 0.15) is 25.2 Å². The Morgan fingerprint density at radius 3 is 2.86 bits per heavy atom. The van der Waals surface area contributed by atoms with E-state index in [1.54, 1.807) is 6.20 Å². The minimum atomic E-state index is -0.486. The Bertz CT molecular complexity index is 839. The molecule has 1 aliphatic heterocycles. The summed E-state index contributed by atoms with van der Waals surface area (Å²) in [6.45, 7) is 4.34. The van der Waals surface area contributed by atoms with Gasteiger partial charge in [0.05, 0.1) is 19.0 Å². The number of halogens is 1. The quantitative estimate of drug-likeness (QED) is 0.611. The van der Waals surface area contributed by atoms with Gasteiger partial charge in [-0.1, -0.05) is 35.0 Å². The highest BCUT2D eigenvalue weighted by molar-refractivity contribution is 9.10. The van der Waals surface area contributed by atoms with Gasteiger partial charge in [0, 0.05) is 37.1 Å². The van der Waals surface area contributed by atoms with E-state index in [0.29, 0.717) is 26.1 Å². The molecule has 2 unspecified atom stereocenters. The molecule has 0 aliphatic carbocycles. The number of amides is 2. The molecule has 0 spiro atoms. The van der Waals surface area contributed by atoms with Crippen molar-refractivity contribution in [1.82, 2.24) is 25.5 Å². The van der Waals surface area contributed by atoms with Crippen molar-refractivity contribution >= 4 is 27.9 Å². The van der Waals surface area contributed by atoms with Crippen LogP contribution in [0.5, 0.6) is 0 Å². The molecule has 0 bridgehead atoms. The lowest BCUT2D eigenvalue weighted by Crippen LogP contribution is -2.49. The number of aromatic nitrogens is 2. The number of aromatic amines is 1. The first kappa shape index (κ1) is 21.3. The van der Waals surface area contributed by atoms with Crippen molar-refractivity contribution in [2.75, 3.05) is 33.3 Å². The van der Waals surface area contributed by atoms with Crippen LogP contribution in [0, 0.1) is 5.92 Å². The second-order valence-electron chi connectivity index (χ2n) is 7.18. The molecule has 1 saturated heterocycles.